The van der Waals surface area contributed by atoms with Gasteiger partial charge in [-0.2, -0.15) is 5.06 Å². The van der Waals surface area contributed by atoms with Crippen molar-refractivity contribution >= 4 is 17.7 Å². The van der Waals surface area contributed by atoms with Gasteiger partial charge in [-0.25, -0.2) is 0 Å². The van der Waals surface area contributed by atoms with Crippen LogP contribution in [0.5, 0.6) is 0 Å². The highest BCUT2D eigenvalue weighted by molar-refractivity contribution is 5.83. The fourth-order valence-electron chi connectivity index (χ4n) is 12.9. The van der Waals surface area contributed by atoms with Crippen molar-refractivity contribution in [3.05, 3.63) is 0 Å². The van der Waals surface area contributed by atoms with Crippen LogP contribution in [0.25, 0.3) is 0 Å². The lowest BCUT2D eigenvalue weighted by atomic mass is 9.45. The van der Waals surface area contributed by atoms with E-state index >= 15 is 0 Å². The van der Waals surface area contributed by atoms with Crippen molar-refractivity contribution in [1.82, 2.24) is 25.9 Å². The molecule has 7 fully saturated rings. The average molecular weight is 756 g/mol. The van der Waals surface area contributed by atoms with Gasteiger partial charge < -0.3 is 26.0 Å². The molecule has 1 saturated heterocycles. The predicted molar refractivity (Wildman–Crippen MR) is 213 cm³/mol. The van der Waals surface area contributed by atoms with Crippen molar-refractivity contribution in [2.75, 3.05) is 34.2 Å². The quantitative estimate of drug-likeness (QED) is 0.188. The zero-order valence-electron chi connectivity index (χ0n) is 35.2. The van der Waals surface area contributed by atoms with Gasteiger partial charge in [0.2, 0.25) is 17.7 Å². The molecule has 0 radical (unpaired) electrons. The van der Waals surface area contributed by atoms with E-state index < -0.39 is 12.1 Å². The van der Waals surface area contributed by atoms with Crippen molar-refractivity contribution in [1.29, 1.82) is 0 Å². The molecule has 10 nitrogen and oxygen atoms in total. The highest BCUT2D eigenvalue weighted by Crippen LogP contribution is 2.61. The summed E-state index contributed by atoms with van der Waals surface area (Å²) >= 11 is 0. The number of hydrogen-bond donors (Lipinski definition) is 4. The molecule has 0 spiro atoms. The summed E-state index contributed by atoms with van der Waals surface area (Å²) in [5.74, 6) is 3.04. The number of aliphatic hydroxyl groups excluding tert-OH is 1. The van der Waals surface area contributed by atoms with E-state index in [1.54, 1.807) is 14.0 Å². The molecule has 10 heteroatoms. The highest BCUT2D eigenvalue weighted by atomic mass is 16.7. The van der Waals surface area contributed by atoms with Gasteiger partial charge in [-0.1, -0.05) is 65.7 Å². The third kappa shape index (κ3) is 9.34. The maximum Gasteiger partial charge on any atom is 0.240 e. The highest BCUT2D eigenvalue weighted by Gasteiger charge is 2.57. The Morgan fingerprint density at radius 3 is 2.17 bits per heavy atom. The van der Waals surface area contributed by atoms with E-state index in [1.165, 1.54) is 38.5 Å². The molecule has 5 unspecified atom stereocenters. The normalized spacial score (nSPS) is 39.7. The molecule has 308 valence electrons. The van der Waals surface area contributed by atoms with Crippen LogP contribution < -0.4 is 16.0 Å². The average Bonchev–Trinajstić information content (AvgIpc) is 3.47. The number of carbonyl (C=O) groups is 3. The molecule has 7 rings (SSSR count). The van der Waals surface area contributed by atoms with E-state index in [0.29, 0.717) is 59.8 Å². The molecule has 0 aromatic rings. The Kier molecular flexibility index (Phi) is 13.8. The first-order chi connectivity index (χ1) is 25.7. The number of aliphatic hydroxyl groups is 1. The van der Waals surface area contributed by atoms with E-state index in [2.05, 4.69) is 55.7 Å². The molecule has 2 bridgehead atoms. The second-order valence-electron chi connectivity index (χ2n) is 20.2. The van der Waals surface area contributed by atoms with Crippen molar-refractivity contribution in [2.45, 2.75) is 161 Å². The summed E-state index contributed by atoms with van der Waals surface area (Å²) < 4.78 is 0. The first kappa shape index (κ1) is 41.9. The number of hydroxylamine groups is 2. The Balaban J connectivity index is 1.11. The smallest absolute Gasteiger partial charge is 0.240 e. The van der Waals surface area contributed by atoms with Gasteiger partial charge in [0.15, 0.2) is 0 Å². The molecule has 54 heavy (non-hydrogen) atoms. The number of rotatable bonds is 13. The van der Waals surface area contributed by atoms with Gasteiger partial charge in [0.05, 0.1) is 12.2 Å². The second kappa shape index (κ2) is 17.8. The summed E-state index contributed by atoms with van der Waals surface area (Å²) in [4.78, 5) is 50.2. The first-order valence-electron chi connectivity index (χ1n) is 22.2. The van der Waals surface area contributed by atoms with Crippen LogP contribution in [0.2, 0.25) is 0 Å². The number of amides is 3. The van der Waals surface area contributed by atoms with Crippen molar-refractivity contribution < 1.29 is 24.3 Å². The molecular formula is C44H77N5O5. The van der Waals surface area contributed by atoms with Gasteiger partial charge in [0.1, 0.15) is 6.04 Å². The van der Waals surface area contributed by atoms with Crippen molar-refractivity contribution in [3.63, 3.8) is 0 Å². The lowest BCUT2D eigenvalue weighted by Gasteiger charge is -2.62. The molecule has 6 saturated carbocycles. The van der Waals surface area contributed by atoms with E-state index in [4.69, 9.17) is 4.84 Å². The predicted octanol–water partition coefficient (Wildman–Crippen LogP) is 5.78. The van der Waals surface area contributed by atoms with Gasteiger partial charge in [-0.15, -0.1) is 0 Å². The molecule has 6 aliphatic carbocycles. The van der Waals surface area contributed by atoms with Crippen LogP contribution in [0.15, 0.2) is 0 Å². The van der Waals surface area contributed by atoms with Crippen LogP contribution in [0.3, 0.4) is 0 Å². The largest absolute Gasteiger partial charge is 0.393 e. The Labute approximate surface area is 327 Å². The van der Waals surface area contributed by atoms with Gasteiger partial charge >= 0.3 is 0 Å². The molecular weight excluding hydrogens is 679 g/mol. The van der Waals surface area contributed by atoms with Crippen molar-refractivity contribution in [3.8, 4) is 0 Å². The number of nitrogens with one attached hydrogen (secondary N) is 3. The minimum Gasteiger partial charge on any atom is -0.393 e. The van der Waals surface area contributed by atoms with Gasteiger partial charge in [0, 0.05) is 50.0 Å². The fourth-order valence-corrected chi connectivity index (χ4v) is 12.9. The van der Waals surface area contributed by atoms with Gasteiger partial charge in [-0.05, 0) is 126 Å². The summed E-state index contributed by atoms with van der Waals surface area (Å²) in [5.41, 5.74) is 0.350. The molecule has 3 amide bonds. The summed E-state index contributed by atoms with van der Waals surface area (Å²) in [7, 11) is 5.90. The summed E-state index contributed by atoms with van der Waals surface area (Å²) in [6, 6.07) is -0.232. The molecule has 1 heterocycles. The van der Waals surface area contributed by atoms with Crippen LogP contribution in [-0.2, 0) is 19.2 Å². The third-order valence-corrected chi connectivity index (χ3v) is 16.0. The molecule has 0 aromatic carbocycles. The van der Waals surface area contributed by atoms with E-state index in [0.717, 1.165) is 57.9 Å². The van der Waals surface area contributed by atoms with E-state index in [-0.39, 0.29) is 53.7 Å². The fraction of sp³-hybridized carbons (Fsp3) is 0.932. The zero-order chi connectivity index (χ0) is 38.9. The topological polar surface area (TPSA) is 123 Å². The van der Waals surface area contributed by atoms with Crippen LogP contribution in [0.1, 0.15) is 131 Å². The van der Waals surface area contributed by atoms with Crippen LogP contribution in [0, 0.1) is 64.6 Å². The summed E-state index contributed by atoms with van der Waals surface area (Å²) in [6.45, 7) is 12.4. The maximum atomic E-state index is 14.2. The minimum absolute atomic E-state index is 0.000761. The van der Waals surface area contributed by atoms with Crippen LogP contribution in [0.4, 0.5) is 0 Å². The molecule has 14 atom stereocenters. The summed E-state index contributed by atoms with van der Waals surface area (Å²) in [5, 5.41) is 22.8. The van der Waals surface area contributed by atoms with Crippen LogP contribution >= 0.6 is 0 Å². The molecule has 1 aliphatic heterocycles. The number of likely N-dealkylation sites (N-methyl/N-ethyl adjacent to an activating group) is 1. The van der Waals surface area contributed by atoms with Crippen LogP contribution in [-0.4, -0.2) is 97.4 Å². The summed E-state index contributed by atoms with van der Waals surface area (Å²) in [6.07, 6.45) is 15.4. The number of carbonyl (C=O) groups excluding carboxylic acids is 3. The first-order valence-corrected chi connectivity index (χ1v) is 22.2. The standard InChI is InChI=1S/C44H77N5O5/c1-26-37-22-35(44(37,4)5)23-38(26)47-43(53)40-39(27(2)50)28(3)54-49(40)24-30-15-12-16-31(17-30)32-19-33(41(51)45-6)21-34(20-32)42(52)46-36(25-48(7)8)18-29-13-10-9-11-14-29/h26-40,50H,9-25H2,1-8H3,(H,45,51)(H,46,52)(H,47,53)/t26-,27-,28-,30?,31?,32?,33?,34?,35+,36-,37-,38-,39+,40-/m0/s1. The second-order valence-corrected chi connectivity index (χ2v) is 20.2. The Morgan fingerprint density at radius 1 is 0.852 bits per heavy atom. The number of nitrogens with zero attached hydrogens (tertiary/aromatic N) is 2. The lowest BCUT2D eigenvalue weighted by molar-refractivity contribution is -0.176. The van der Waals surface area contributed by atoms with Crippen molar-refractivity contribution in [2.24, 2.45) is 64.6 Å². The Hall–Kier alpha value is -1.75. The Bertz CT molecular complexity index is 1290. The molecule has 4 N–H and O–H groups in total. The van der Waals surface area contributed by atoms with E-state index in [1.807, 2.05) is 12.0 Å². The lowest BCUT2D eigenvalue weighted by Crippen LogP contribution is -2.62. The monoisotopic (exact) mass is 756 g/mol. The zero-order valence-corrected chi connectivity index (χ0v) is 35.2. The SMILES string of the molecule is CNC(=O)C1CC(C(=O)N[C@@H](CC2CCCCC2)CN(C)C)CC(C2CCCC(CN3O[C@@H](C)[C@@H]([C@H](C)O)[C@H]3C(=O)N[C@H]3C[C@H]4C[C@@H]([C@@H]3C)C4(C)C)C2)C1. The minimum atomic E-state index is -0.664. The third-order valence-electron chi connectivity index (χ3n) is 16.0. The van der Waals surface area contributed by atoms with Gasteiger partial charge in [-0.3, -0.25) is 19.2 Å². The number of hydrogen-bond acceptors (Lipinski definition) is 7. The van der Waals surface area contributed by atoms with Gasteiger partial charge in [0.25, 0.3) is 0 Å². The molecule has 7 aliphatic rings. The number of fused-ring (bicyclic) bond motifs is 2. The Morgan fingerprint density at radius 2 is 1.54 bits per heavy atom. The maximum absolute atomic E-state index is 14.2. The van der Waals surface area contributed by atoms with E-state index in [9.17, 15) is 19.5 Å². The molecule has 0 aromatic heterocycles.